The molecule has 0 aliphatic heterocycles. The van der Waals surface area contributed by atoms with Crippen LogP contribution in [0.1, 0.15) is 24.8 Å². The van der Waals surface area contributed by atoms with Crippen LogP contribution in [-0.4, -0.2) is 28.5 Å². The van der Waals surface area contributed by atoms with Gasteiger partial charge >= 0.3 is 5.97 Å². The van der Waals surface area contributed by atoms with Crippen LogP contribution in [0.2, 0.25) is 5.02 Å². The number of anilines is 1. The lowest BCUT2D eigenvalue weighted by Gasteiger charge is -2.12. The molecule has 0 aromatic heterocycles. The Kier molecular flexibility index (Phi) is 5.17. The van der Waals surface area contributed by atoms with Crippen molar-refractivity contribution in [1.82, 2.24) is 0 Å². The Morgan fingerprint density at radius 2 is 2.14 bits per heavy atom. The van der Waals surface area contributed by atoms with Crippen molar-refractivity contribution in [3.05, 3.63) is 28.8 Å². The third-order valence-electron chi connectivity index (χ3n) is 3.58. The van der Waals surface area contributed by atoms with Crippen molar-refractivity contribution >= 4 is 40.9 Å². The van der Waals surface area contributed by atoms with Crippen molar-refractivity contribution in [2.75, 3.05) is 16.8 Å². The van der Waals surface area contributed by atoms with E-state index < -0.39 is 5.97 Å². The summed E-state index contributed by atoms with van der Waals surface area (Å²) in [5.74, 6) is 0.201. The van der Waals surface area contributed by atoms with Crippen molar-refractivity contribution in [2.45, 2.75) is 26.2 Å². The van der Waals surface area contributed by atoms with Gasteiger partial charge in [-0.05, 0) is 48.6 Å². The molecule has 2 N–H and O–H groups in total. The van der Waals surface area contributed by atoms with Crippen LogP contribution in [-0.2, 0) is 9.59 Å². The molecule has 1 aliphatic rings. The second kappa shape index (κ2) is 6.71. The van der Waals surface area contributed by atoms with E-state index in [1.165, 1.54) is 11.8 Å². The number of aryl methyl sites for hydroxylation is 1. The van der Waals surface area contributed by atoms with Gasteiger partial charge in [-0.25, -0.2) is 0 Å². The summed E-state index contributed by atoms with van der Waals surface area (Å²) in [7, 11) is 0. The standard InChI is InChI=1S/C15H18ClNO3S/c1-10-2-3-11(6-12(10)16)17-13(18)8-21-9-15(4-5-15)7-14(19)20/h2-3,6H,4-5,7-9H2,1H3,(H,17,18)(H,19,20). The highest BCUT2D eigenvalue weighted by atomic mass is 35.5. The molecule has 114 valence electrons. The summed E-state index contributed by atoms with van der Waals surface area (Å²) in [4.78, 5) is 22.6. The summed E-state index contributed by atoms with van der Waals surface area (Å²) in [6.07, 6.45) is 2.10. The van der Waals surface area contributed by atoms with E-state index >= 15 is 0 Å². The highest BCUT2D eigenvalue weighted by Gasteiger charge is 2.44. The summed E-state index contributed by atoms with van der Waals surface area (Å²) in [6, 6.07) is 5.40. The highest BCUT2D eigenvalue weighted by molar-refractivity contribution is 8.00. The number of thioether (sulfide) groups is 1. The number of hydrogen-bond donors (Lipinski definition) is 2. The number of carbonyl (C=O) groups excluding carboxylic acids is 1. The largest absolute Gasteiger partial charge is 0.481 e. The number of aliphatic carboxylic acids is 1. The molecule has 2 rings (SSSR count). The zero-order valence-corrected chi connectivity index (χ0v) is 13.4. The fourth-order valence-corrected chi connectivity index (χ4v) is 3.46. The molecule has 0 saturated heterocycles. The van der Waals surface area contributed by atoms with Crippen molar-refractivity contribution in [1.29, 1.82) is 0 Å². The van der Waals surface area contributed by atoms with Gasteiger partial charge in [0, 0.05) is 10.7 Å². The van der Waals surface area contributed by atoms with Gasteiger partial charge < -0.3 is 10.4 Å². The number of hydrogen-bond acceptors (Lipinski definition) is 3. The van der Waals surface area contributed by atoms with Crippen LogP contribution in [0, 0.1) is 12.3 Å². The number of carbonyl (C=O) groups is 2. The minimum absolute atomic E-state index is 0.0794. The number of nitrogens with one attached hydrogen (secondary N) is 1. The molecular formula is C15H18ClNO3S. The number of carboxylic acid groups (broad SMARTS) is 1. The summed E-state index contributed by atoms with van der Waals surface area (Å²) in [6.45, 7) is 1.90. The maximum absolute atomic E-state index is 11.8. The molecule has 4 nitrogen and oxygen atoms in total. The molecule has 1 saturated carbocycles. The van der Waals surface area contributed by atoms with E-state index in [1.54, 1.807) is 6.07 Å². The smallest absolute Gasteiger partial charge is 0.303 e. The van der Waals surface area contributed by atoms with Crippen molar-refractivity contribution in [3.8, 4) is 0 Å². The average Bonchev–Trinajstić information content (AvgIpc) is 3.13. The van der Waals surface area contributed by atoms with Gasteiger partial charge in [0.15, 0.2) is 0 Å². The Labute approximate surface area is 133 Å². The third-order valence-corrected chi connectivity index (χ3v) is 5.27. The van der Waals surface area contributed by atoms with E-state index in [9.17, 15) is 9.59 Å². The predicted octanol–water partition coefficient (Wildman–Crippen LogP) is 3.58. The van der Waals surface area contributed by atoms with E-state index in [1.807, 2.05) is 19.1 Å². The molecule has 1 amide bonds. The van der Waals surface area contributed by atoms with Gasteiger partial charge in [-0.15, -0.1) is 0 Å². The maximum Gasteiger partial charge on any atom is 0.303 e. The molecule has 1 aromatic rings. The van der Waals surface area contributed by atoms with Crippen molar-refractivity contribution < 1.29 is 14.7 Å². The van der Waals surface area contributed by atoms with Crippen LogP contribution in [0.3, 0.4) is 0 Å². The van der Waals surface area contributed by atoms with E-state index in [0.717, 1.165) is 24.2 Å². The Balaban J connectivity index is 1.75. The van der Waals surface area contributed by atoms with Crippen LogP contribution in [0.25, 0.3) is 0 Å². The fourth-order valence-electron chi connectivity index (χ4n) is 2.10. The Morgan fingerprint density at radius 1 is 1.43 bits per heavy atom. The number of halogens is 1. The molecule has 0 radical (unpaired) electrons. The molecule has 1 aromatic carbocycles. The molecule has 0 atom stereocenters. The van der Waals surface area contributed by atoms with Gasteiger partial charge in [0.2, 0.25) is 5.91 Å². The van der Waals surface area contributed by atoms with Crippen LogP contribution in [0.15, 0.2) is 18.2 Å². The normalized spacial score (nSPS) is 15.5. The first-order valence-corrected chi connectivity index (χ1v) is 8.29. The van der Waals surface area contributed by atoms with Crippen LogP contribution in [0.5, 0.6) is 0 Å². The first-order valence-electron chi connectivity index (χ1n) is 6.76. The molecule has 0 unspecified atom stereocenters. The van der Waals surface area contributed by atoms with Crippen molar-refractivity contribution in [3.63, 3.8) is 0 Å². The van der Waals surface area contributed by atoms with Crippen LogP contribution in [0.4, 0.5) is 5.69 Å². The molecule has 0 bridgehead atoms. The first-order chi connectivity index (χ1) is 9.90. The SMILES string of the molecule is Cc1ccc(NC(=O)CSCC2(CC(=O)O)CC2)cc1Cl. The minimum atomic E-state index is -0.758. The lowest BCUT2D eigenvalue weighted by molar-refractivity contribution is -0.138. The quantitative estimate of drug-likeness (QED) is 0.803. The summed E-state index contributed by atoms with van der Waals surface area (Å²) in [5.41, 5.74) is 1.57. The lowest BCUT2D eigenvalue weighted by atomic mass is 10.1. The van der Waals surface area contributed by atoms with Crippen LogP contribution < -0.4 is 5.32 Å². The number of amides is 1. The van der Waals surface area contributed by atoms with E-state index in [-0.39, 0.29) is 17.7 Å². The van der Waals surface area contributed by atoms with Gasteiger partial charge in [-0.1, -0.05) is 17.7 Å². The van der Waals surface area contributed by atoms with E-state index in [0.29, 0.717) is 16.5 Å². The summed E-state index contributed by atoms with van der Waals surface area (Å²) in [5, 5.41) is 12.3. The van der Waals surface area contributed by atoms with E-state index in [2.05, 4.69) is 5.32 Å². The first kappa shape index (κ1) is 16.2. The zero-order valence-electron chi connectivity index (χ0n) is 11.8. The van der Waals surface area contributed by atoms with E-state index in [4.69, 9.17) is 16.7 Å². The van der Waals surface area contributed by atoms with Gasteiger partial charge in [0.1, 0.15) is 0 Å². The molecular weight excluding hydrogens is 310 g/mol. The Hall–Kier alpha value is -1.20. The molecule has 21 heavy (non-hydrogen) atoms. The fraction of sp³-hybridized carbons (Fsp3) is 0.467. The topological polar surface area (TPSA) is 66.4 Å². The second-order valence-electron chi connectivity index (χ2n) is 5.58. The summed E-state index contributed by atoms with van der Waals surface area (Å²) < 4.78 is 0. The lowest BCUT2D eigenvalue weighted by Crippen LogP contribution is -2.17. The Bertz CT molecular complexity index is 558. The van der Waals surface area contributed by atoms with Gasteiger partial charge in [0.25, 0.3) is 0 Å². The molecule has 0 spiro atoms. The summed E-state index contributed by atoms with van der Waals surface area (Å²) >= 11 is 7.50. The van der Waals surface area contributed by atoms with Crippen LogP contribution >= 0.6 is 23.4 Å². The molecule has 1 fully saturated rings. The molecule has 0 heterocycles. The van der Waals surface area contributed by atoms with Gasteiger partial charge in [-0.3, -0.25) is 9.59 Å². The monoisotopic (exact) mass is 327 g/mol. The molecule has 6 heteroatoms. The number of benzene rings is 1. The number of carboxylic acids is 1. The zero-order chi connectivity index (χ0) is 15.5. The minimum Gasteiger partial charge on any atom is -0.481 e. The Morgan fingerprint density at radius 3 is 2.71 bits per heavy atom. The average molecular weight is 328 g/mol. The third kappa shape index (κ3) is 4.93. The second-order valence-corrected chi connectivity index (χ2v) is 6.97. The van der Waals surface area contributed by atoms with Gasteiger partial charge in [-0.2, -0.15) is 11.8 Å². The van der Waals surface area contributed by atoms with Gasteiger partial charge in [0.05, 0.1) is 12.2 Å². The van der Waals surface area contributed by atoms with Crippen molar-refractivity contribution in [2.24, 2.45) is 5.41 Å². The predicted molar refractivity (Wildman–Crippen MR) is 86.1 cm³/mol. The molecule has 1 aliphatic carbocycles. The maximum atomic E-state index is 11.8. The number of rotatable bonds is 7. The highest BCUT2D eigenvalue weighted by Crippen LogP contribution is 2.50.